The molecule has 0 aliphatic carbocycles. The van der Waals surface area contributed by atoms with Crippen molar-refractivity contribution in [3.8, 4) is 0 Å². The van der Waals surface area contributed by atoms with Crippen molar-refractivity contribution < 1.29 is 9.53 Å². The van der Waals surface area contributed by atoms with Crippen LogP contribution in [0.2, 0.25) is 0 Å². The number of hydrogen-bond donors (Lipinski definition) is 1. The third-order valence-electron chi connectivity index (χ3n) is 4.88. The molecule has 0 spiro atoms. The molecule has 0 atom stereocenters. The predicted molar refractivity (Wildman–Crippen MR) is 104 cm³/mol. The zero-order valence-electron chi connectivity index (χ0n) is 16.4. The topological polar surface area (TPSA) is 41.6 Å². The second-order valence-electron chi connectivity index (χ2n) is 7.92. The quantitative estimate of drug-likeness (QED) is 0.762. The number of carbonyl (C=O) groups is 1. The van der Waals surface area contributed by atoms with Crippen LogP contribution in [0.3, 0.4) is 0 Å². The molecule has 0 saturated carbocycles. The monoisotopic (exact) mass is 362 g/mol. The van der Waals surface area contributed by atoms with Gasteiger partial charge in [0.25, 0.3) is 0 Å². The van der Waals surface area contributed by atoms with E-state index in [4.69, 9.17) is 4.74 Å². The number of piperidine rings is 2. The van der Waals surface area contributed by atoms with Crippen molar-refractivity contribution in [1.82, 2.24) is 10.2 Å². The van der Waals surface area contributed by atoms with Crippen LogP contribution >= 0.6 is 12.4 Å². The van der Waals surface area contributed by atoms with Crippen LogP contribution < -0.4 is 5.32 Å². The highest BCUT2D eigenvalue weighted by molar-refractivity contribution is 5.85. The van der Waals surface area contributed by atoms with Crippen LogP contribution in [-0.4, -0.2) is 42.8 Å². The number of likely N-dealkylation sites (tertiary alicyclic amines) is 1. The van der Waals surface area contributed by atoms with Gasteiger partial charge in [0.05, 0.1) is 0 Å². The fourth-order valence-electron chi connectivity index (χ4n) is 3.14. The second kappa shape index (κ2) is 12.0. The predicted octanol–water partition coefficient (Wildman–Crippen LogP) is 4.86. The Morgan fingerprint density at radius 3 is 1.83 bits per heavy atom. The first-order valence-electron chi connectivity index (χ1n) is 9.54. The highest BCUT2D eigenvalue weighted by atomic mass is 35.5. The van der Waals surface area contributed by atoms with Gasteiger partial charge in [0.1, 0.15) is 5.60 Å². The second-order valence-corrected chi connectivity index (χ2v) is 7.92. The molecule has 144 valence electrons. The number of halogens is 1. The van der Waals surface area contributed by atoms with Gasteiger partial charge in [-0.25, -0.2) is 4.79 Å². The van der Waals surface area contributed by atoms with E-state index in [0.717, 1.165) is 37.8 Å². The van der Waals surface area contributed by atoms with E-state index in [9.17, 15) is 4.79 Å². The average molecular weight is 363 g/mol. The van der Waals surface area contributed by atoms with Gasteiger partial charge in [0.2, 0.25) is 0 Å². The lowest BCUT2D eigenvalue weighted by molar-refractivity contribution is 0.0183. The maximum atomic E-state index is 11.7. The van der Waals surface area contributed by atoms with Crippen molar-refractivity contribution in [2.75, 3.05) is 26.2 Å². The summed E-state index contributed by atoms with van der Waals surface area (Å²) in [6, 6.07) is 0. The zero-order valence-corrected chi connectivity index (χ0v) is 17.2. The smallest absolute Gasteiger partial charge is 0.410 e. The first-order valence-corrected chi connectivity index (χ1v) is 9.54. The molecular weight excluding hydrogens is 324 g/mol. The number of rotatable bonds is 2. The molecule has 0 radical (unpaired) electrons. The largest absolute Gasteiger partial charge is 0.444 e. The van der Waals surface area contributed by atoms with Gasteiger partial charge in [0, 0.05) is 13.1 Å². The Morgan fingerprint density at radius 2 is 1.46 bits per heavy atom. The molecule has 4 nitrogen and oxygen atoms in total. The molecule has 0 aromatic rings. The third-order valence-corrected chi connectivity index (χ3v) is 4.88. The minimum Gasteiger partial charge on any atom is -0.444 e. The Kier molecular flexibility index (Phi) is 11.7. The van der Waals surface area contributed by atoms with Gasteiger partial charge >= 0.3 is 6.09 Å². The van der Waals surface area contributed by atoms with Crippen molar-refractivity contribution in [3.63, 3.8) is 0 Å². The molecule has 24 heavy (non-hydrogen) atoms. The van der Waals surface area contributed by atoms with Crippen LogP contribution in [0.4, 0.5) is 4.79 Å². The molecular formula is C19H39ClN2O2. The Labute approximate surface area is 155 Å². The maximum absolute atomic E-state index is 11.7. The molecule has 2 aliphatic rings. The number of amides is 1. The molecule has 5 heteroatoms. The van der Waals surface area contributed by atoms with Crippen LogP contribution in [0, 0.1) is 11.8 Å². The molecule has 0 bridgehead atoms. The summed E-state index contributed by atoms with van der Waals surface area (Å²) in [5, 5.41) is 3.35. The van der Waals surface area contributed by atoms with Crippen molar-refractivity contribution in [2.24, 2.45) is 11.8 Å². The summed E-state index contributed by atoms with van der Waals surface area (Å²) in [6.45, 7) is 14.4. The molecule has 0 aromatic heterocycles. The van der Waals surface area contributed by atoms with Crippen molar-refractivity contribution in [1.29, 1.82) is 0 Å². The molecule has 1 N–H and O–H groups in total. The highest BCUT2D eigenvalue weighted by Gasteiger charge is 2.25. The van der Waals surface area contributed by atoms with E-state index in [1.165, 1.54) is 38.8 Å². The SMILES string of the molecule is CCC1CCN(C(=O)OC(C)(C)C)CC1.CCC1CCNCC1.Cl. The lowest BCUT2D eigenvalue weighted by atomic mass is 9.95. The van der Waals surface area contributed by atoms with Gasteiger partial charge in [-0.1, -0.05) is 26.7 Å². The Balaban J connectivity index is 0.000000498. The van der Waals surface area contributed by atoms with E-state index in [-0.39, 0.29) is 24.1 Å². The Hall–Kier alpha value is -0.480. The number of hydrogen-bond acceptors (Lipinski definition) is 3. The summed E-state index contributed by atoms with van der Waals surface area (Å²) in [4.78, 5) is 13.5. The number of ether oxygens (including phenoxy) is 1. The molecule has 1 amide bonds. The fraction of sp³-hybridized carbons (Fsp3) is 0.947. The molecule has 2 fully saturated rings. The zero-order chi connectivity index (χ0) is 17.3. The van der Waals surface area contributed by atoms with E-state index in [1.807, 2.05) is 25.7 Å². The lowest BCUT2D eigenvalue weighted by Crippen LogP contribution is -2.41. The van der Waals surface area contributed by atoms with Crippen molar-refractivity contribution >= 4 is 18.5 Å². The van der Waals surface area contributed by atoms with Gasteiger partial charge in [-0.15, -0.1) is 12.4 Å². The molecule has 2 aliphatic heterocycles. The van der Waals surface area contributed by atoms with Crippen molar-refractivity contribution in [2.45, 2.75) is 78.7 Å². The van der Waals surface area contributed by atoms with E-state index in [1.54, 1.807) is 0 Å². The lowest BCUT2D eigenvalue weighted by Gasteiger charge is -2.33. The number of nitrogens with zero attached hydrogens (tertiary/aromatic N) is 1. The van der Waals surface area contributed by atoms with E-state index in [2.05, 4.69) is 19.2 Å². The maximum Gasteiger partial charge on any atom is 0.410 e. The summed E-state index contributed by atoms with van der Waals surface area (Å²) < 4.78 is 5.33. The Morgan fingerprint density at radius 1 is 1.00 bits per heavy atom. The molecule has 2 heterocycles. The minimum atomic E-state index is -0.376. The van der Waals surface area contributed by atoms with E-state index >= 15 is 0 Å². The third kappa shape index (κ3) is 9.73. The Bertz CT molecular complexity index is 331. The number of carbonyl (C=O) groups excluding carboxylic acids is 1. The van der Waals surface area contributed by atoms with Crippen molar-refractivity contribution in [3.05, 3.63) is 0 Å². The standard InChI is InChI=1S/C12H23NO2.C7H15N.ClH/c1-5-10-6-8-13(9-7-10)11(14)15-12(2,3)4;1-2-7-3-5-8-6-4-7;/h10H,5-9H2,1-4H3;7-8H,2-6H2,1H3;1H. The summed E-state index contributed by atoms with van der Waals surface area (Å²) in [5.74, 6) is 1.82. The van der Waals surface area contributed by atoms with Gasteiger partial charge in [-0.2, -0.15) is 0 Å². The fourth-order valence-corrected chi connectivity index (χ4v) is 3.14. The van der Waals surface area contributed by atoms with Gasteiger partial charge in [-0.05, 0) is 71.4 Å². The first kappa shape index (κ1) is 23.5. The van der Waals surface area contributed by atoms with Crippen LogP contribution in [-0.2, 0) is 4.74 Å². The minimum absolute atomic E-state index is 0. The van der Waals surface area contributed by atoms with Gasteiger partial charge in [-0.3, -0.25) is 0 Å². The van der Waals surface area contributed by atoms with Crippen LogP contribution in [0.1, 0.15) is 73.1 Å². The van der Waals surface area contributed by atoms with Crippen LogP contribution in [0.5, 0.6) is 0 Å². The molecule has 2 saturated heterocycles. The summed E-state index contributed by atoms with van der Waals surface area (Å²) in [5.41, 5.74) is -0.376. The molecule has 0 unspecified atom stereocenters. The van der Waals surface area contributed by atoms with E-state index < -0.39 is 0 Å². The van der Waals surface area contributed by atoms with Crippen LogP contribution in [0.25, 0.3) is 0 Å². The summed E-state index contributed by atoms with van der Waals surface area (Å²) in [6.07, 6.45) is 7.49. The van der Waals surface area contributed by atoms with Crippen LogP contribution in [0.15, 0.2) is 0 Å². The normalized spacial score (nSPS) is 19.8. The molecule has 0 aromatic carbocycles. The first-order chi connectivity index (χ1) is 10.9. The summed E-state index contributed by atoms with van der Waals surface area (Å²) >= 11 is 0. The summed E-state index contributed by atoms with van der Waals surface area (Å²) in [7, 11) is 0. The molecule has 2 rings (SSSR count). The average Bonchev–Trinajstić information content (AvgIpc) is 2.54. The number of nitrogens with one attached hydrogen (secondary N) is 1. The van der Waals surface area contributed by atoms with Gasteiger partial charge < -0.3 is 15.0 Å². The van der Waals surface area contributed by atoms with E-state index in [0.29, 0.717) is 0 Å². The highest BCUT2D eigenvalue weighted by Crippen LogP contribution is 2.21. The van der Waals surface area contributed by atoms with Gasteiger partial charge in [0.15, 0.2) is 0 Å².